The summed E-state index contributed by atoms with van der Waals surface area (Å²) in [5.74, 6) is 0.476. The average molecular weight is 275 g/mol. The summed E-state index contributed by atoms with van der Waals surface area (Å²) in [5.41, 5.74) is -0.118. The topological polar surface area (TPSA) is 74.2 Å². The van der Waals surface area contributed by atoms with Crippen LogP contribution in [0, 0.1) is 17.2 Å². The smallest absolute Gasteiger partial charge is 0.240 e. The van der Waals surface area contributed by atoms with Crippen LogP contribution in [0.3, 0.4) is 0 Å². The molecule has 1 rings (SSSR count). The van der Waals surface area contributed by atoms with Crippen LogP contribution >= 0.6 is 0 Å². The molecule has 1 amide bonds. The van der Waals surface area contributed by atoms with Crippen molar-refractivity contribution in [2.24, 2.45) is 5.92 Å². The van der Waals surface area contributed by atoms with Gasteiger partial charge in [0, 0.05) is 0 Å². The molecule has 20 heavy (non-hydrogen) atoms. The van der Waals surface area contributed by atoms with Crippen LogP contribution in [0.4, 0.5) is 5.69 Å². The third kappa shape index (κ3) is 3.89. The molecular formula is C15H21N3O2. The Morgan fingerprint density at radius 3 is 2.65 bits per heavy atom. The van der Waals surface area contributed by atoms with Gasteiger partial charge in [-0.25, -0.2) is 0 Å². The fourth-order valence-corrected chi connectivity index (χ4v) is 1.60. The zero-order valence-corrected chi connectivity index (χ0v) is 12.4. The van der Waals surface area contributed by atoms with Gasteiger partial charge in [-0.2, -0.15) is 5.26 Å². The van der Waals surface area contributed by atoms with Gasteiger partial charge < -0.3 is 15.4 Å². The average Bonchev–Trinajstić information content (AvgIpc) is 2.45. The van der Waals surface area contributed by atoms with E-state index < -0.39 is 5.54 Å². The van der Waals surface area contributed by atoms with E-state index in [4.69, 9.17) is 10.00 Å². The number of hydrogen-bond acceptors (Lipinski definition) is 4. The van der Waals surface area contributed by atoms with Crippen LogP contribution in [0.15, 0.2) is 24.3 Å². The number of anilines is 1. The lowest BCUT2D eigenvalue weighted by Gasteiger charge is -2.27. The van der Waals surface area contributed by atoms with Gasteiger partial charge in [0.2, 0.25) is 5.91 Å². The van der Waals surface area contributed by atoms with Gasteiger partial charge in [0.05, 0.1) is 25.4 Å². The lowest BCUT2D eigenvalue weighted by atomic mass is 9.90. The summed E-state index contributed by atoms with van der Waals surface area (Å²) in [4.78, 5) is 11.9. The van der Waals surface area contributed by atoms with Crippen molar-refractivity contribution in [2.75, 3.05) is 19.0 Å². The Balaban J connectivity index is 2.62. The predicted molar refractivity (Wildman–Crippen MR) is 78.5 cm³/mol. The molecule has 0 aromatic heterocycles. The van der Waals surface area contributed by atoms with Gasteiger partial charge >= 0.3 is 0 Å². The first-order valence-corrected chi connectivity index (χ1v) is 6.52. The number of nitriles is 1. The zero-order chi connectivity index (χ0) is 15.2. The monoisotopic (exact) mass is 275 g/mol. The van der Waals surface area contributed by atoms with Gasteiger partial charge in [0.1, 0.15) is 11.3 Å². The van der Waals surface area contributed by atoms with Crippen LogP contribution in [-0.2, 0) is 4.79 Å². The second kappa shape index (κ2) is 6.80. The SMILES string of the molecule is COc1ccccc1NCC(=O)N[C@@](C)(C#N)C(C)C. The number of ether oxygens (including phenoxy) is 1. The van der Waals surface area contributed by atoms with Gasteiger partial charge in [-0.1, -0.05) is 26.0 Å². The maximum atomic E-state index is 11.9. The lowest BCUT2D eigenvalue weighted by molar-refractivity contribution is -0.121. The molecular weight excluding hydrogens is 254 g/mol. The van der Waals surface area contributed by atoms with E-state index in [9.17, 15) is 4.79 Å². The number of nitrogens with one attached hydrogen (secondary N) is 2. The molecule has 1 aromatic rings. The van der Waals surface area contributed by atoms with E-state index in [1.165, 1.54) is 0 Å². The summed E-state index contributed by atoms with van der Waals surface area (Å²) >= 11 is 0. The molecule has 5 heteroatoms. The van der Waals surface area contributed by atoms with Crippen molar-refractivity contribution < 1.29 is 9.53 Å². The minimum atomic E-state index is -0.862. The second-order valence-electron chi connectivity index (χ2n) is 5.07. The molecule has 0 aliphatic carbocycles. The molecule has 0 aliphatic heterocycles. The Labute approximate surface area is 119 Å². The molecule has 0 spiro atoms. The number of benzene rings is 1. The van der Waals surface area contributed by atoms with E-state index in [-0.39, 0.29) is 18.4 Å². The van der Waals surface area contributed by atoms with Gasteiger partial charge in [-0.15, -0.1) is 0 Å². The molecule has 0 heterocycles. The lowest BCUT2D eigenvalue weighted by Crippen LogP contribution is -2.50. The summed E-state index contributed by atoms with van der Waals surface area (Å²) in [6.45, 7) is 5.61. The first-order valence-electron chi connectivity index (χ1n) is 6.52. The van der Waals surface area contributed by atoms with Crippen molar-refractivity contribution in [3.8, 4) is 11.8 Å². The Bertz CT molecular complexity index is 508. The van der Waals surface area contributed by atoms with E-state index in [1.807, 2.05) is 38.1 Å². The Kier molecular flexibility index (Phi) is 5.39. The van der Waals surface area contributed by atoms with Crippen LogP contribution in [0.25, 0.3) is 0 Å². The van der Waals surface area contributed by atoms with E-state index in [0.717, 1.165) is 5.69 Å². The summed E-state index contributed by atoms with van der Waals surface area (Å²) in [7, 11) is 1.58. The largest absolute Gasteiger partial charge is 0.495 e. The first kappa shape index (κ1) is 15.8. The number of hydrogen-bond donors (Lipinski definition) is 2. The van der Waals surface area contributed by atoms with Crippen molar-refractivity contribution in [2.45, 2.75) is 26.3 Å². The molecule has 0 fully saturated rings. The normalized spacial score (nSPS) is 13.2. The van der Waals surface area contributed by atoms with Gasteiger partial charge in [0.15, 0.2) is 0 Å². The molecule has 0 saturated heterocycles. The number of amides is 1. The van der Waals surface area contributed by atoms with Crippen molar-refractivity contribution in [3.63, 3.8) is 0 Å². The molecule has 0 saturated carbocycles. The molecule has 1 atom stereocenters. The Morgan fingerprint density at radius 2 is 2.10 bits per heavy atom. The van der Waals surface area contributed by atoms with E-state index in [1.54, 1.807) is 14.0 Å². The third-order valence-corrected chi connectivity index (χ3v) is 3.33. The second-order valence-corrected chi connectivity index (χ2v) is 5.07. The van der Waals surface area contributed by atoms with Crippen LogP contribution in [-0.4, -0.2) is 25.1 Å². The van der Waals surface area contributed by atoms with Gasteiger partial charge in [-0.3, -0.25) is 4.79 Å². The minimum absolute atomic E-state index is 0.0303. The third-order valence-electron chi connectivity index (χ3n) is 3.33. The van der Waals surface area contributed by atoms with Crippen molar-refractivity contribution in [1.29, 1.82) is 5.26 Å². The molecule has 1 aromatic carbocycles. The van der Waals surface area contributed by atoms with E-state index >= 15 is 0 Å². The summed E-state index contributed by atoms with van der Waals surface area (Å²) in [6, 6.07) is 9.50. The van der Waals surface area contributed by atoms with Crippen LogP contribution in [0.5, 0.6) is 5.75 Å². The number of nitrogens with zero attached hydrogens (tertiary/aromatic N) is 1. The van der Waals surface area contributed by atoms with Gasteiger partial charge in [-0.05, 0) is 25.0 Å². The van der Waals surface area contributed by atoms with Crippen LogP contribution in [0.2, 0.25) is 0 Å². The molecule has 108 valence electrons. The Hall–Kier alpha value is -2.22. The predicted octanol–water partition coefficient (Wildman–Crippen LogP) is 2.16. The van der Waals surface area contributed by atoms with E-state index in [0.29, 0.717) is 5.75 Å². The number of carbonyl (C=O) groups excluding carboxylic acids is 1. The molecule has 2 N–H and O–H groups in total. The number of carbonyl (C=O) groups is 1. The fourth-order valence-electron chi connectivity index (χ4n) is 1.60. The van der Waals surface area contributed by atoms with E-state index in [2.05, 4.69) is 16.7 Å². The quantitative estimate of drug-likeness (QED) is 0.834. The summed E-state index contributed by atoms with van der Waals surface area (Å²) in [5, 5.41) is 14.9. The minimum Gasteiger partial charge on any atom is -0.495 e. The Morgan fingerprint density at radius 1 is 1.45 bits per heavy atom. The summed E-state index contributed by atoms with van der Waals surface area (Å²) in [6.07, 6.45) is 0. The zero-order valence-electron chi connectivity index (χ0n) is 12.4. The van der Waals surface area contributed by atoms with Crippen molar-refractivity contribution in [3.05, 3.63) is 24.3 Å². The number of methoxy groups -OCH3 is 1. The standard InChI is InChI=1S/C15H21N3O2/c1-11(2)15(3,10-16)18-14(19)9-17-12-7-5-6-8-13(12)20-4/h5-8,11,17H,9H2,1-4H3,(H,18,19)/t15-/m0/s1. The maximum Gasteiger partial charge on any atom is 0.240 e. The molecule has 0 unspecified atom stereocenters. The molecule has 0 radical (unpaired) electrons. The van der Waals surface area contributed by atoms with Gasteiger partial charge in [0.25, 0.3) is 0 Å². The highest BCUT2D eigenvalue weighted by molar-refractivity contribution is 5.82. The molecule has 0 bridgehead atoms. The molecule has 5 nitrogen and oxygen atoms in total. The maximum absolute atomic E-state index is 11.9. The van der Waals surface area contributed by atoms with Crippen molar-refractivity contribution >= 4 is 11.6 Å². The highest BCUT2D eigenvalue weighted by Gasteiger charge is 2.29. The number of para-hydroxylation sites is 2. The van der Waals surface area contributed by atoms with Crippen molar-refractivity contribution in [1.82, 2.24) is 5.32 Å². The molecule has 0 aliphatic rings. The first-order chi connectivity index (χ1) is 9.42. The van der Waals surface area contributed by atoms with Crippen LogP contribution in [0.1, 0.15) is 20.8 Å². The summed E-state index contributed by atoms with van der Waals surface area (Å²) < 4.78 is 5.19. The number of rotatable bonds is 6. The highest BCUT2D eigenvalue weighted by Crippen LogP contribution is 2.22. The highest BCUT2D eigenvalue weighted by atomic mass is 16.5. The fraction of sp³-hybridized carbons (Fsp3) is 0.467. The van der Waals surface area contributed by atoms with Crippen LogP contribution < -0.4 is 15.4 Å².